The molecule has 0 radical (unpaired) electrons. The number of rotatable bonds is 3. The highest BCUT2D eigenvalue weighted by Gasteiger charge is 2.16. The molecule has 2 aromatic carbocycles. The van der Waals surface area contributed by atoms with Gasteiger partial charge in [-0.1, -0.05) is 26.0 Å². The van der Waals surface area contributed by atoms with E-state index in [0.717, 1.165) is 22.3 Å². The van der Waals surface area contributed by atoms with Crippen molar-refractivity contribution >= 4 is 0 Å². The van der Waals surface area contributed by atoms with E-state index in [2.05, 4.69) is 0 Å². The van der Waals surface area contributed by atoms with E-state index < -0.39 is 0 Å². The molecule has 0 saturated carbocycles. The summed E-state index contributed by atoms with van der Waals surface area (Å²) in [6.07, 6.45) is 1.35. The van der Waals surface area contributed by atoms with E-state index >= 15 is 0 Å². The molecule has 19 heavy (non-hydrogen) atoms. The predicted molar refractivity (Wildman–Crippen MR) is 75.6 cm³/mol. The monoisotopic (exact) mass is 258 g/mol. The third-order valence-corrected chi connectivity index (χ3v) is 3.36. The van der Waals surface area contributed by atoms with E-state index in [-0.39, 0.29) is 17.2 Å². The molecule has 0 amide bonds. The van der Waals surface area contributed by atoms with Gasteiger partial charge in [-0.25, -0.2) is 0 Å². The van der Waals surface area contributed by atoms with Crippen LogP contribution in [-0.2, 0) is 12.8 Å². The van der Waals surface area contributed by atoms with Crippen LogP contribution < -0.4 is 0 Å². The van der Waals surface area contributed by atoms with Crippen molar-refractivity contribution in [3.05, 3.63) is 41.5 Å². The number of aromatic hydroxyl groups is 3. The maximum atomic E-state index is 10.00. The zero-order valence-electron chi connectivity index (χ0n) is 11.1. The van der Waals surface area contributed by atoms with Gasteiger partial charge in [0.05, 0.1) is 0 Å². The number of phenols is 3. The van der Waals surface area contributed by atoms with E-state index in [4.69, 9.17) is 0 Å². The largest absolute Gasteiger partial charge is 0.508 e. The highest BCUT2D eigenvalue weighted by Crippen LogP contribution is 2.39. The summed E-state index contributed by atoms with van der Waals surface area (Å²) in [6, 6.07) is 8.20. The Morgan fingerprint density at radius 3 is 1.68 bits per heavy atom. The lowest BCUT2D eigenvalue weighted by Crippen LogP contribution is -1.96. The molecule has 0 atom stereocenters. The van der Waals surface area contributed by atoms with Gasteiger partial charge in [0, 0.05) is 17.2 Å². The second-order valence-electron chi connectivity index (χ2n) is 4.50. The molecule has 0 spiro atoms. The molecule has 0 fully saturated rings. The summed E-state index contributed by atoms with van der Waals surface area (Å²) in [5, 5.41) is 29.4. The van der Waals surface area contributed by atoms with Crippen molar-refractivity contribution in [3.63, 3.8) is 0 Å². The van der Waals surface area contributed by atoms with Gasteiger partial charge in [-0.3, -0.25) is 0 Å². The Labute approximate surface area is 112 Å². The summed E-state index contributed by atoms with van der Waals surface area (Å²) < 4.78 is 0. The molecule has 2 aromatic rings. The molecule has 0 aliphatic carbocycles. The van der Waals surface area contributed by atoms with E-state index in [1.807, 2.05) is 13.8 Å². The standard InChI is InChI=1S/C16H18O3/c1-3-12-14(18)9-15(19)13(4-2)16(12)10-5-7-11(17)8-6-10/h5-9,17-19H,3-4H2,1-2H3. The van der Waals surface area contributed by atoms with Gasteiger partial charge >= 0.3 is 0 Å². The molecule has 3 N–H and O–H groups in total. The lowest BCUT2D eigenvalue weighted by Gasteiger charge is -2.16. The minimum absolute atomic E-state index is 0.111. The maximum absolute atomic E-state index is 10.00. The first-order valence-corrected chi connectivity index (χ1v) is 6.44. The fourth-order valence-electron chi connectivity index (χ4n) is 2.43. The van der Waals surface area contributed by atoms with Gasteiger partial charge in [-0.2, -0.15) is 0 Å². The number of benzene rings is 2. The van der Waals surface area contributed by atoms with Gasteiger partial charge < -0.3 is 15.3 Å². The maximum Gasteiger partial charge on any atom is 0.123 e. The fraction of sp³-hybridized carbons (Fsp3) is 0.250. The summed E-state index contributed by atoms with van der Waals surface area (Å²) in [6.45, 7) is 3.94. The fourth-order valence-corrected chi connectivity index (χ4v) is 2.43. The Kier molecular flexibility index (Phi) is 3.65. The Morgan fingerprint density at radius 1 is 0.789 bits per heavy atom. The number of hydrogen-bond donors (Lipinski definition) is 3. The zero-order chi connectivity index (χ0) is 14.0. The van der Waals surface area contributed by atoms with E-state index in [1.165, 1.54) is 6.07 Å². The Bertz CT molecular complexity index is 558. The van der Waals surface area contributed by atoms with Crippen molar-refractivity contribution < 1.29 is 15.3 Å². The summed E-state index contributed by atoms with van der Waals surface area (Å²) in [7, 11) is 0. The Morgan fingerprint density at radius 2 is 1.26 bits per heavy atom. The average molecular weight is 258 g/mol. The van der Waals surface area contributed by atoms with Gasteiger partial charge in [0.25, 0.3) is 0 Å². The molecule has 0 aliphatic rings. The molecule has 2 rings (SSSR count). The van der Waals surface area contributed by atoms with E-state index in [1.54, 1.807) is 24.3 Å². The van der Waals surface area contributed by atoms with Crippen LogP contribution in [0.4, 0.5) is 0 Å². The molecule has 0 bridgehead atoms. The molecule has 0 aromatic heterocycles. The van der Waals surface area contributed by atoms with Crippen LogP contribution in [0.5, 0.6) is 17.2 Å². The highest BCUT2D eigenvalue weighted by molar-refractivity contribution is 5.76. The van der Waals surface area contributed by atoms with Crippen LogP contribution in [0.15, 0.2) is 30.3 Å². The highest BCUT2D eigenvalue weighted by atomic mass is 16.3. The van der Waals surface area contributed by atoms with Gasteiger partial charge in [0.15, 0.2) is 0 Å². The van der Waals surface area contributed by atoms with Gasteiger partial charge in [0.1, 0.15) is 17.2 Å². The molecule has 100 valence electrons. The van der Waals surface area contributed by atoms with Crippen molar-refractivity contribution in [2.24, 2.45) is 0 Å². The van der Waals surface area contributed by atoms with Gasteiger partial charge in [-0.15, -0.1) is 0 Å². The minimum Gasteiger partial charge on any atom is -0.508 e. The summed E-state index contributed by atoms with van der Waals surface area (Å²) in [4.78, 5) is 0. The molecule has 0 saturated heterocycles. The van der Waals surface area contributed by atoms with E-state index in [9.17, 15) is 15.3 Å². The normalized spacial score (nSPS) is 10.6. The predicted octanol–water partition coefficient (Wildman–Crippen LogP) is 3.60. The minimum atomic E-state index is 0.111. The lowest BCUT2D eigenvalue weighted by atomic mass is 9.90. The SMILES string of the molecule is CCc1c(O)cc(O)c(CC)c1-c1ccc(O)cc1. The first-order chi connectivity index (χ1) is 9.08. The second kappa shape index (κ2) is 5.22. The third-order valence-electron chi connectivity index (χ3n) is 3.36. The Balaban J connectivity index is 2.75. The van der Waals surface area contributed by atoms with Crippen LogP contribution >= 0.6 is 0 Å². The van der Waals surface area contributed by atoms with Crippen molar-refractivity contribution in [2.75, 3.05) is 0 Å². The summed E-state index contributed by atoms with van der Waals surface area (Å²) in [5.41, 5.74) is 3.39. The van der Waals surface area contributed by atoms with Crippen LogP contribution in [0.1, 0.15) is 25.0 Å². The van der Waals surface area contributed by atoms with Crippen molar-refractivity contribution in [3.8, 4) is 28.4 Å². The van der Waals surface area contributed by atoms with Crippen LogP contribution in [0, 0.1) is 0 Å². The topological polar surface area (TPSA) is 60.7 Å². The molecule has 3 nitrogen and oxygen atoms in total. The van der Waals surface area contributed by atoms with Crippen LogP contribution in [0.3, 0.4) is 0 Å². The molecule has 0 heterocycles. The van der Waals surface area contributed by atoms with Crippen molar-refractivity contribution in [1.82, 2.24) is 0 Å². The van der Waals surface area contributed by atoms with Crippen LogP contribution in [0.25, 0.3) is 11.1 Å². The van der Waals surface area contributed by atoms with Crippen LogP contribution in [0.2, 0.25) is 0 Å². The first-order valence-electron chi connectivity index (χ1n) is 6.44. The van der Waals surface area contributed by atoms with Gasteiger partial charge in [0.2, 0.25) is 0 Å². The quantitative estimate of drug-likeness (QED) is 0.788. The van der Waals surface area contributed by atoms with Crippen LogP contribution in [-0.4, -0.2) is 15.3 Å². The summed E-state index contributed by atoms with van der Waals surface area (Å²) >= 11 is 0. The molecular formula is C16H18O3. The lowest BCUT2D eigenvalue weighted by molar-refractivity contribution is 0.443. The number of phenolic OH excluding ortho intramolecular Hbond substituents is 3. The first kappa shape index (κ1) is 13.3. The molecule has 0 unspecified atom stereocenters. The number of hydrogen-bond acceptors (Lipinski definition) is 3. The molecule has 3 heteroatoms. The molecule has 0 aliphatic heterocycles. The average Bonchev–Trinajstić information content (AvgIpc) is 2.39. The molecular weight excluding hydrogens is 240 g/mol. The van der Waals surface area contributed by atoms with E-state index in [0.29, 0.717) is 12.8 Å². The zero-order valence-corrected chi connectivity index (χ0v) is 11.1. The van der Waals surface area contributed by atoms with Crippen molar-refractivity contribution in [2.45, 2.75) is 26.7 Å². The smallest absolute Gasteiger partial charge is 0.123 e. The Hall–Kier alpha value is -2.16. The second-order valence-corrected chi connectivity index (χ2v) is 4.50. The van der Waals surface area contributed by atoms with Gasteiger partial charge in [-0.05, 0) is 36.1 Å². The third kappa shape index (κ3) is 2.36. The van der Waals surface area contributed by atoms with Crippen molar-refractivity contribution in [1.29, 1.82) is 0 Å². The summed E-state index contributed by atoms with van der Waals surface area (Å²) in [5.74, 6) is 0.421.